The molecule has 1 saturated heterocycles. The van der Waals surface area contributed by atoms with Crippen LogP contribution in [0.1, 0.15) is 17.5 Å². The van der Waals surface area contributed by atoms with Gasteiger partial charge in [-0.25, -0.2) is 0 Å². The second-order valence-electron chi connectivity index (χ2n) is 5.51. The van der Waals surface area contributed by atoms with Crippen LogP contribution in [0.5, 0.6) is 0 Å². The Morgan fingerprint density at radius 2 is 1.90 bits per heavy atom. The van der Waals surface area contributed by atoms with E-state index in [2.05, 4.69) is 10.2 Å². The maximum atomic E-state index is 13.2. The van der Waals surface area contributed by atoms with Crippen molar-refractivity contribution < 1.29 is 13.2 Å². The molecule has 0 atom stereocenters. The Kier molecular flexibility index (Phi) is 5.11. The highest BCUT2D eigenvalue weighted by Gasteiger charge is 2.33. The Balaban J connectivity index is 2.28. The van der Waals surface area contributed by atoms with Crippen LogP contribution in [0.15, 0.2) is 18.2 Å². The lowest BCUT2D eigenvalue weighted by Gasteiger charge is -2.25. The summed E-state index contributed by atoms with van der Waals surface area (Å²) in [5, 5.41) is 2.79. The first-order chi connectivity index (χ1) is 9.91. The van der Waals surface area contributed by atoms with Crippen LogP contribution in [0.4, 0.5) is 18.9 Å². The van der Waals surface area contributed by atoms with Gasteiger partial charge in [-0.1, -0.05) is 6.07 Å². The molecule has 21 heavy (non-hydrogen) atoms. The number of hydrogen-bond donors (Lipinski definition) is 1. The predicted octanol–water partition coefficient (Wildman–Crippen LogP) is 2.57. The van der Waals surface area contributed by atoms with E-state index in [0.717, 1.165) is 32.6 Å². The monoisotopic (exact) mass is 301 g/mol. The summed E-state index contributed by atoms with van der Waals surface area (Å²) >= 11 is 0. The van der Waals surface area contributed by atoms with E-state index < -0.39 is 11.7 Å². The first kappa shape index (κ1) is 16.1. The highest BCUT2D eigenvalue weighted by molar-refractivity contribution is 5.52. The summed E-state index contributed by atoms with van der Waals surface area (Å²) in [6, 6.07) is 4.68. The zero-order chi connectivity index (χ0) is 15.5. The van der Waals surface area contributed by atoms with Gasteiger partial charge < -0.3 is 15.1 Å². The van der Waals surface area contributed by atoms with Gasteiger partial charge in [0.05, 0.1) is 5.56 Å². The molecule has 118 valence electrons. The number of anilines is 1. The zero-order valence-corrected chi connectivity index (χ0v) is 12.5. The molecule has 0 bridgehead atoms. The third-order valence-corrected chi connectivity index (χ3v) is 3.85. The zero-order valence-electron chi connectivity index (χ0n) is 12.5. The molecular weight excluding hydrogens is 279 g/mol. The molecule has 1 aromatic carbocycles. The van der Waals surface area contributed by atoms with Gasteiger partial charge in [0.2, 0.25) is 0 Å². The predicted molar refractivity (Wildman–Crippen MR) is 78.5 cm³/mol. The molecule has 0 unspecified atom stereocenters. The first-order valence-electron chi connectivity index (χ1n) is 7.20. The van der Waals surface area contributed by atoms with Crippen molar-refractivity contribution in [1.82, 2.24) is 10.2 Å². The van der Waals surface area contributed by atoms with Crippen molar-refractivity contribution in [2.24, 2.45) is 0 Å². The maximum absolute atomic E-state index is 13.2. The molecule has 0 aliphatic carbocycles. The average molecular weight is 301 g/mol. The molecule has 6 heteroatoms. The van der Waals surface area contributed by atoms with Gasteiger partial charge >= 0.3 is 6.18 Å². The smallest absolute Gasteiger partial charge is 0.370 e. The van der Waals surface area contributed by atoms with Gasteiger partial charge in [0.15, 0.2) is 0 Å². The third kappa shape index (κ3) is 4.11. The third-order valence-electron chi connectivity index (χ3n) is 3.85. The number of likely N-dealkylation sites (N-methyl/N-ethyl adjacent to an activating group) is 1. The second kappa shape index (κ2) is 6.66. The van der Waals surface area contributed by atoms with Gasteiger partial charge in [-0.2, -0.15) is 13.2 Å². The van der Waals surface area contributed by atoms with Gasteiger partial charge in [0.25, 0.3) is 0 Å². The van der Waals surface area contributed by atoms with Crippen molar-refractivity contribution >= 4 is 5.69 Å². The molecule has 0 aromatic heterocycles. The van der Waals surface area contributed by atoms with E-state index in [1.165, 1.54) is 6.07 Å². The molecule has 1 aromatic rings. The highest BCUT2D eigenvalue weighted by atomic mass is 19.4. The number of nitrogens with one attached hydrogen (secondary N) is 1. The SMILES string of the molecule is CNCc1ccc(N2CCCN(C)CC2)cc1C(F)(F)F. The first-order valence-corrected chi connectivity index (χ1v) is 7.20. The van der Waals surface area contributed by atoms with E-state index in [1.807, 2.05) is 11.9 Å². The summed E-state index contributed by atoms with van der Waals surface area (Å²) in [5.74, 6) is 0. The number of halogens is 3. The topological polar surface area (TPSA) is 18.5 Å². The van der Waals surface area contributed by atoms with Crippen LogP contribution >= 0.6 is 0 Å². The Morgan fingerprint density at radius 3 is 2.57 bits per heavy atom. The molecule has 1 N–H and O–H groups in total. The standard InChI is InChI=1S/C15H22F3N3/c1-19-11-12-4-5-13(10-14(12)15(16,17)18)21-7-3-6-20(2)8-9-21/h4-5,10,19H,3,6-9,11H2,1-2H3. The fraction of sp³-hybridized carbons (Fsp3) is 0.600. The fourth-order valence-electron chi connectivity index (χ4n) is 2.67. The molecule has 2 rings (SSSR count). The molecule has 0 radical (unpaired) electrons. The van der Waals surface area contributed by atoms with Crippen LogP contribution in [-0.4, -0.2) is 45.2 Å². The Labute approximate surface area is 123 Å². The maximum Gasteiger partial charge on any atom is 0.416 e. The largest absolute Gasteiger partial charge is 0.416 e. The molecule has 0 spiro atoms. The van der Waals surface area contributed by atoms with E-state index in [9.17, 15) is 13.2 Å². The van der Waals surface area contributed by atoms with E-state index in [0.29, 0.717) is 11.3 Å². The molecule has 3 nitrogen and oxygen atoms in total. The summed E-state index contributed by atoms with van der Waals surface area (Å²) in [4.78, 5) is 4.25. The summed E-state index contributed by atoms with van der Waals surface area (Å²) in [6.07, 6.45) is -3.35. The van der Waals surface area contributed by atoms with Crippen LogP contribution in [0, 0.1) is 0 Å². The summed E-state index contributed by atoms with van der Waals surface area (Å²) in [5.41, 5.74) is 0.421. The normalized spacial score (nSPS) is 17.9. The number of nitrogens with zero attached hydrogens (tertiary/aromatic N) is 2. The molecule has 1 aliphatic heterocycles. The molecule has 1 aliphatic rings. The number of hydrogen-bond acceptors (Lipinski definition) is 3. The quantitative estimate of drug-likeness (QED) is 0.926. The van der Waals surface area contributed by atoms with Gasteiger partial charge in [-0.15, -0.1) is 0 Å². The molecule has 1 fully saturated rings. The summed E-state index contributed by atoms with van der Waals surface area (Å²) in [7, 11) is 3.69. The van der Waals surface area contributed by atoms with E-state index in [1.54, 1.807) is 19.2 Å². The van der Waals surface area contributed by atoms with Crippen LogP contribution < -0.4 is 10.2 Å². The van der Waals surface area contributed by atoms with Gasteiger partial charge in [-0.3, -0.25) is 0 Å². The molecular formula is C15H22F3N3. The highest BCUT2D eigenvalue weighted by Crippen LogP contribution is 2.34. The lowest BCUT2D eigenvalue weighted by molar-refractivity contribution is -0.138. The minimum atomic E-state index is -4.31. The van der Waals surface area contributed by atoms with E-state index in [-0.39, 0.29) is 6.54 Å². The summed E-state index contributed by atoms with van der Waals surface area (Å²) < 4.78 is 39.6. The van der Waals surface area contributed by atoms with Crippen LogP contribution in [0.3, 0.4) is 0 Å². The van der Waals surface area contributed by atoms with Crippen molar-refractivity contribution in [3.8, 4) is 0 Å². The Bertz CT molecular complexity index is 474. The van der Waals surface area contributed by atoms with Gasteiger partial charge in [0, 0.05) is 31.9 Å². The van der Waals surface area contributed by atoms with Crippen molar-refractivity contribution in [2.45, 2.75) is 19.1 Å². The lowest BCUT2D eigenvalue weighted by Crippen LogP contribution is -2.29. The molecule has 0 amide bonds. The van der Waals surface area contributed by atoms with Gasteiger partial charge in [0.1, 0.15) is 0 Å². The fourth-order valence-corrected chi connectivity index (χ4v) is 2.67. The van der Waals surface area contributed by atoms with Gasteiger partial charge in [-0.05, 0) is 44.8 Å². The molecule has 1 heterocycles. The van der Waals surface area contributed by atoms with E-state index in [4.69, 9.17) is 0 Å². The minimum absolute atomic E-state index is 0.220. The Morgan fingerprint density at radius 1 is 1.14 bits per heavy atom. The number of rotatable bonds is 3. The minimum Gasteiger partial charge on any atom is -0.370 e. The second-order valence-corrected chi connectivity index (χ2v) is 5.51. The van der Waals surface area contributed by atoms with Crippen LogP contribution in [0.25, 0.3) is 0 Å². The average Bonchev–Trinajstić information content (AvgIpc) is 2.63. The van der Waals surface area contributed by atoms with E-state index >= 15 is 0 Å². The summed E-state index contributed by atoms with van der Waals surface area (Å²) in [6.45, 7) is 3.64. The lowest BCUT2D eigenvalue weighted by atomic mass is 10.1. The molecule has 0 saturated carbocycles. The van der Waals surface area contributed by atoms with Crippen molar-refractivity contribution in [1.29, 1.82) is 0 Å². The van der Waals surface area contributed by atoms with Crippen LogP contribution in [-0.2, 0) is 12.7 Å². The number of alkyl halides is 3. The Hall–Kier alpha value is -1.27. The van der Waals surface area contributed by atoms with Crippen molar-refractivity contribution in [3.05, 3.63) is 29.3 Å². The van der Waals surface area contributed by atoms with Crippen molar-refractivity contribution in [2.75, 3.05) is 45.2 Å². The number of benzene rings is 1. The van der Waals surface area contributed by atoms with Crippen LogP contribution in [0.2, 0.25) is 0 Å². The van der Waals surface area contributed by atoms with Crippen molar-refractivity contribution in [3.63, 3.8) is 0 Å².